The van der Waals surface area contributed by atoms with Crippen molar-refractivity contribution in [1.82, 2.24) is 10.2 Å². The number of hydrogen-bond acceptors (Lipinski definition) is 6. The summed E-state index contributed by atoms with van der Waals surface area (Å²) < 4.78 is 11.3. The first kappa shape index (κ1) is 45.4. The average Bonchev–Trinajstić information content (AvgIpc) is 3.04. The Labute approximate surface area is 291 Å². The minimum Gasteiger partial charge on any atom is -0.466 e. The van der Waals surface area contributed by atoms with Crippen LogP contribution in [0.2, 0.25) is 0 Å². The van der Waals surface area contributed by atoms with Crippen molar-refractivity contribution < 1.29 is 23.9 Å². The number of amides is 1. The van der Waals surface area contributed by atoms with E-state index < -0.39 is 0 Å². The Bertz CT molecular complexity index is 717. The molecule has 47 heavy (non-hydrogen) atoms. The molecule has 0 aromatic carbocycles. The average molecular weight is 667 g/mol. The van der Waals surface area contributed by atoms with Gasteiger partial charge in [-0.1, -0.05) is 124 Å². The van der Waals surface area contributed by atoms with Gasteiger partial charge in [0.1, 0.15) is 6.10 Å². The van der Waals surface area contributed by atoms with E-state index >= 15 is 0 Å². The van der Waals surface area contributed by atoms with Gasteiger partial charge in [0.2, 0.25) is 5.91 Å². The van der Waals surface area contributed by atoms with E-state index in [1.807, 2.05) is 0 Å². The summed E-state index contributed by atoms with van der Waals surface area (Å²) in [6.45, 7) is 12.5. The summed E-state index contributed by atoms with van der Waals surface area (Å²) in [5.74, 6) is -0.0189. The minimum absolute atomic E-state index is 0.00503. The van der Waals surface area contributed by atoms with Gasteiger partial charge in [-0.2, -0.15) is 0 Å². The largest absolute Gasteiger partial charge is 0.466 e. The van der Waals surface area contributed by atoms with Gasteiger partial charge in [-0.05, 0) is 70.9 Å². The highest BCUT2D eigenvalue weighted by Crippen LogP contribution is 2.17. The lowest BCUT2D eigenvalue weighted by Gasteiger charge is -2.22. The molecule has 278 valence electrons. The summed E-state index contributed by atoms with van der Waals surface area (Å²) in [5.41, 5.74) is 0. The van der Waals surface area contributed by atoms with Crippen molar-refractivity contribution in [1.29, 1.82) is 0 Å². The lowest BCUT2D eigenvalue weighted by atomic mass is 10.0. The Hall–Kier alpha value is -1.63. The van der Waals surface area contributed by atoms with Crippen LogP contribution >= 0.6 is 0 Å². The van der Waals surface area contributed by atoms with Crippen LogP contribution in [0.5, 0.6) is 0 Å². The molecule has 0 saturated carbocycles. The Morgan fingerprint density at radius 2 is 0.979 bits per heavy atom. The molecule has 0 spiro atoms. The summed E-state index contributed by atoms with van der Waals surface area (Å²) in [7, 11) is 0. The fraction of sp³-hybridized carbons (Fsp3) is 0.925. The molecule has 0 heterocycles. The molecular formula is C40H78N2O5. The van der Waals surface area contributed by atoms with E-state index in [-0.39, 0.29) is 23.9 Å². The minimum atomic E-state index is -0.0396. The number of ether oxygens (including phenoxy) is 2. The van der Waals surface area contributed by atoms with Crippen molar-refractivity contribution in [2.45, 2.75) is 207 Å². The lowest BCUT2D eigenvalue weighted by Crippen LogP contribution is -2.35. The van der Waals surface area contributed by atoms with Crippen LogP contribution in [0.25, 0.3) is 0 Å². The molecule has 0 radical (unpaired) electrons. The van der Waals surface area contributed by atoms with Gasteiger partial charge < -0.3 is 19.7 Å². The molecule has 1 unspecified atom stereocenters. The van der Waals surface area contributed by atoms with Gasteiger partial charge in [0.05, 0.1) is 6.61 Å². The lowest BCUT2D eigenvalue weighted by molar-refractivity contribution is -0.150. The van der Waals surface area contributed by atoms with Gasteiger partial charge in [0.15, 0.2) is 0 Å². The van der Waals surface area contributed by atoms with Gasteiger partial charge in [-0.15, -0.1) is 0 Å². The van der Waals surface area contributed by atoms with Crippen molar-refractivity contribution >= 4 is 17.8 Å². The maximum absolute atomic E-state index is 12.5. The highest BCUT2D eigenvalue weighted by molar-refractivity contribution is 5.72. The zero-order chi connectivity index (χ0) is 34.6. The molecule has 0 rings (SSSR count). The van der Waals surface area contributed by atoms with Crippen molar-refractivity contribution in [2.24, 2.45) is 0 Å². The third kappa shape index (κ3) is 34.0. The second-order valence-corrected chi connectivity index (χ2v) is 13.8. The molecule has 7 heteroatoms. The maximum Gasteiger partial charge on any atom is 0.306 e. The highest BCUT2D eigenvalue weighted by Gasteiger charge is 2.14. The third-order valence-corrected chi connectivity index (χ3v) is 9.08. The smallest absolute Gasteiger partial charge is 0.306 e. The summed E-state index contributed by atoms with van der Waals surface area (Å²) in [6, 6.07) is 0. The molecule has 0 aromatic rings. The molecule has 0 aliphatic heterocycles. The van der Waals surface area contributed by atoms with Crippen LogP contribution in [-0.4, -0.2) is 61.6 Å². The SMILES string of the molecule is CCCCCCCCOC(=O)CCCCCCCN(CCCCCCCC(=O)OC(CCCCC)CCCCCC)CCNC(C)=O. The third-order valence-electron chi connectivity index (χ3n) is 9.08. The van der Waals surface area contributed by atoms with E-state index in [1.54, 1.807) is 6.92 Å². The quantitative estimate of drug-likeness (QED) is 0.0529. The number of carbonyl (C=O) groups excluding carboxylic acids is 3. The summed E-state index contributed by atoms with van der Waals surface area (Å²) >= 11 is 0. The molecule has 1 N–H and O–H groups in total. The van der Waals surface area contributed by atoms with Gasteiger partial charge in [-0.3, -0.25) is 14.4 Å². The topological polar surface area (TPSA) is 84.9 Å². The number of carbonyl (C=O) groups is 3. The van der Waals surface area contributed by atoms with E-state index in [0.717, 1.165) is 122 Å². The van der Waals surface area contributed by atoms with Gasteiger partial charge in [-0.25, -0.2) is 0 Å². The monoisotopic (exact) mass is 667 g/mol. The molecule has 0 aromatic heterocycles. The van der Waals surface area contributed by atoms with Crippen LogP contribution in [0.15, 0.2) is 0 Å². The van der Waals surface area contributed by atoms with E-state index in [4.69, 9.17) is 9.47 Å². The molecular weight excluding hydrogens is 588 g/mol. The van der Waals surface area contributed by atoms with Gasteiger partial charge in [0, 0.05) is 32.9 Å². The van der Waals surface area contributed by atoms with Crippen molar-refractivity contribution in [3.8, 4) is 0 Å². The summed E-state index contributed by atoms with van der Waals surface area (Å²) in [5, 5.41) is 2.94. The predicted molar refractivity (Wildman–Crippen MR) is 198 cm³/mol. The van der Waals surface area contributed by atoms with E-state index in [0.29, 0.717) is 26.0 Å². The van der Waals surface area contributed by atoms with Crippen LogP contribution in [0, 0.1) is 0 Å². The molecule has 0 bridgehead atoms. The van der Waals surface area contributed by atoms with E-state index in [9.17, 15) is 14.4 Å². The first-order valence-corrected chi connectivity index (χ1v) is 20.2. The number of unbranched alkanes of at least 4 members (excludes halogenated alkanes) is 18. The number of nitrogens with one attached hydrogen (secondary N) is 1. The van der Waals surface area contributed by atoms with Crippen LogP contribution in [-0.2, 0) is 23.9 Å². The van der Waals surface area contributed by atoms with Crippen molar-refractivity contribution in [3.63, 3.8) is 0 Å². The molecule has 7 nitrogen and oxygen atoms in total. The standard InChI is InChI=1S/C40H78N2O5/c1-5-8-11-13-20-27-36-46-39(44)30-23-16-14-18-25-33-42(35-32-41-37(4)43)34-26-19-15-17-24-31-40(45)47-38(28-21-10-7-3)29-22-12-9-6-2/h38H,5-36H2,1-4H3,(H,41,43). The van der Waals surface area contributed by atoms with E-state index in [1.165, 1.54) is 57.8 Å². The van der Waals surface area contributed by atoms with Crippen LogP contribution in [0.4, 0.5) is 0 Å². The zero-order valence-electron chi connectivity index (χ0n) is 31.7. The number of rotatable bonds is 36. The summed E-state index contributed by atoms with van der Waals surface area (Å²) in [4.78, 5) is 38.3. The molecule has 0 fully saturated rings. The Balaban J connectivity index is 4.07. The Morgan fingerprint density at radius 1 is 0.532 bits per heavy atom. The highest BCUT2D eigenvalue weighted by atomic mass is 16.5. The second-order valence-electron chi connectivity index (χ2n) is 13.8. The summed E-state index contributed by atoms with van der Waals surface area (Å²) in [6.07, 6.45) is 29.8. The van der Waals surface area contributed by atoms with Crippen LogP contribution < -0.4 is 5.32 Å². The number of esters is 2. The van der Waals surface area contributed by atoms with E-state index in [2.05, 4.69) is 31.0 Å². The zero-order valence-corrected chi connectivity index (χ0v) is 31.7. The molecule has 1 amide bonds. The second kappa shape index (κ2) is 35.7. The molecule has 0 aliphatic rings. The fourth-order valence-corrected chi connectivity index (χ4v) is 6.06. The Kier molecular flexibility index (Phi) is 34.4. The first-order valence-electron chi connectivity index (χ1n) is 20.2. The predicted octanol–water partition coefficient (Wildman–Crippen LogP) is 10.5. The van der Waals surface area contributed by atoms with Gasteiger partial charge in [0.25, 0.3) is 0 Å². The van der Waals surface area contributed by atoms with Crippen LogP contribution in [0.1, 0.15) is 201 Å². The molecule has 0 aliphatic carbocycles. The van der Waals surface area contributed by atoms with Crippen molar-refractivity contribution in [3.05, 3.63) is 0 Å². The molecule has 0 saturated heterocycles. The first-order chi connectivity index (χ1) is 22.9. The number of nitrogens with zero attached hydrogens (tertiary/aromatic N) is 1. The fourth-order valence-electron chi connectivity index (χ4n) is 6.06. The van der Waals surface area contributed by atoms with Gasteiger partial charge >= 0.3 is 11.9 Å². The Morgan fingerprint density at radius 3 is 1.55 bits per heavy atom. The van der Waals surface area contributed by atoms with Crippen LogP contribution in [0.3, 0.4) is 0 Å². The van der Waals surface area contributed by atoms with Crippen molar-refractivity contribution in [2.75, 3.05) is 32.8 Å². The number of hydrogen-bond donors (Lipinski definition) is 1. The molecule has 1 atom stereocenters. The maximum atomic E-state index is 12.5. The normalized spacial score (nSPS) is 11.9.